The van der Waals surface area contributed by atoms with E-state index in [4.69, 9.17) is 15.2 Å². The summed E-state index contributed by atoms with van der Waals surface area (Å²) in [4.78, 5) is 28.9. The van der Waals surface area contributed by atoms with Crippen LogP contribution in [0.25, 0.3) is 0 Å². The predicted molar refractivity (Wildman–Crippen MR) is 116 cm³/mol. The van der Waals surface area contributed by atoms with Crippen LogP contribution < -0.4 is 11.1 Å². The number of rotatable bonds is 10. The van der Waals surface area contributed by atoms with Crippen molar-refractivity contribution in [1.29, 1.82) is 0 Å². The van der Waals surface area contributed by atoms with Crippen LogP contribution in [0, 0.1) is 0 Å². The molecular weight excluding hydrogens is 463 g/mol. The topological polar surface area (TPSA) is 106 Å². The Morgan fingerprint density at radius 3 is 2.33 bits per heavy atom. The average molecular weight is 498 g/mol. The maximum absolute atomic E-state index is 11.7. The van der Waals surface area contributed by atoms with Crippen LogP contribution in [-0.2, 0) is 14.3 Å². The van der Waals surface area contributed by atoms with Gasteiger partial charge in [0.25, 0.3) is 0 Å². The molecule has 1 amide bonds. The number of guanidine groups is 1. The molecule has 0 aromatic rings. The standard InChI is InChI=1S/C18H34N4O4.HI/c1-3-25-16(23)9-7-5-6-8-12-20-17(19)21-15-10-13-22(14-11-15)18(24)26-4-2;/h15H,3-14H2,1-2H3,(H3,19,20,21);1H. The molecule has 0 aromatic heterocycles. The van der Waals surface area contributed by atoms with Crippen LogP contribution in [0.5, 0.6) is 0 Å². The number of hydrogen-bond acceptors (Lipinski definition) is 5. The molecule has 0 saturated carbocycles. The van der Waals surface area contributed by atoms with E-state index in [1.54, 1.807) is 4.90 Å². The normalized spacial score (nSPS) is 15.0. The Morgan fingerprint density at radius 2 is 1.70 bits per heavy atom. The van der Waals surface area contributed by atoms with Gasteiger partial charge in [-0.25, -0.2) is 4.79 Å². The average Bonchev–Trinajstić information content (AvgIpc) is 2.62. The number of nitrogens with two attached hydrogens (primary N) is 1. The van der Waals surface area contributed by atoms with Gasteiger partial charge >= 0.3 is 12.1 Å². The van der Waals surface area contributed by atoms with Crippen molar-refractivity contribution in [2.45, 2.75) is 64.8 Å². The molecule has 1 aliphatic heterocycles. The van der Waals surface area contributed by atoms with Crippen LogP contribution in [0.3, 0.4) is 0 Å². The first-order valence-corrected chi connectivity index (χ1v) is 9.70. The highest BCUT2D eigenvalue weighted by molar-refractivity contribution is 14.0. The molecular formula is C18H35IN4O4. The number of piperidine rings is 1. The lowest BCUT2D eigenvalue weighted by atomic mass is 10.1. The van der Waals surface area contributed by atoms with E-state index in [0.29, 0.717) is 45.2 Å². The van der Waals surface area contributed by atoms with Gasteiger partial charge in [-0.05, 0) is 39.5 Å². The molecule has 1 saturated heterocycles. The lowest BCUT2D eigenvalue weighted by Crippen LogP contribution is -2.48. The van der Waals surface area contributed by atoms with Crippen LogP contribution in [0.1, 0.15) is 58.8 Å². The largest absolute Gasteiger partial charge is 0.466 e. The number of aliphatic imine (C=N–C) groups is 1. The first-order chi connectivity index (χ1) is 12.6. The van der Waals surface area contributed by atoms with Crippen molar-refractivity contribution in [3.8, 4) is 0 Å². The molecule has 3 N–H and O–H groups in total. The summed E-state index contributed by atoms with van der Waals surface area (Å²) >= 11 is 0. The molecule has 0 radical (unpaired) electrons. The Balaban J connectivity index is 0.00000676. The summed E-state index contributed by atoms with van der Waals surface area (Å²) < 4.78 is 9.90. The SMILES string of the molecule is CCOC(=O)CCCCCCN=C(N)NC1CCN(C(=O)OCC)CC1.I. The van der Waals surface area contributed by atoms with E-state index in [9.17, 15) is 9.59 Å². The number of carbonyl (C=O) groups excluding carboxylic acids is 2. The number of esters is 1. The molecule has 27 heavy (non-hydrogen) atoms. The number of nitrogens with one attached hydrogen (secondary N) is 1. The molecule has 0 unspecified atom stereocenters. The second kappa shape index (κ2) is 15.8. The first-order valence-electron chi connectivity index (χ1n) is 9.70. The molecule has 1 fully saturated rings. The Labute approximate surface area is 179 Å². The maximum Gasteiger partial charge on any atom is 0.409 e. The van der Waals surface area contributed by atoms with Crippen LogP contribution in [0.2, 0.25) is 0 Å². The zero-order valence-corrected chi connectivity index (χ0v) is 18.9. The molecule has 158 valence electrons. The number of ether oxygens (including phenoxy) is 2. The van der Waals surface area contributed by atoms with Crippen LogP contribution in [0.4, 0.5) is 4.79 Å². The highest BCUT2D eigenvalue weighted by atomic mass is 127. The van der Waals surface area contributed by atoms with Gasteiger partial charge in [0, 0.05) is 32.1 Å². The Bertz CT molecular complexity index is 455. The van der Waals surface area contributed by atoms with Gasteiger partial charge in [0.05, 0.1) is 13.2 Å². The number of nitrogens with zero attached hydrogens (tertiary/aromatic N) is 2. The summed E-state index contributed by atoms with van der Waals surface area (Å²) in [6.07, 6.45) is 5.75. The fourth-order valence-corrected chi connectivity index (χ4v) is 2.84. The molecule has 0 spiro atoms. The monoisotopic (exact) mass is 498 g/mol. The summed E-state index contributed by atoms with van der Waals surface area (Å²) in [5.41, 5.74) is 5.93. The quantitative estimate of drug-likeness (QED) is 0.158. The van der Waals surface area contributed by atoms with Crippen molar-refractivity contribution in [1.82, 2.24) is 10.2 Å². The molecule has 8 nitrogen and oxygen atoms in total. The van der Waals surface area contributed by atoms with Gasteiger partial charge in [0.1, 0.15) is 0 Å². The minimum atomic E-state index is -0.240. The molecule has 0 aliphatic carbocycles. The van der Waals surface area contributed by atoms with Crippen molar-refractivity contribution in [2.75, 3.05) is 32.8 Å². The third-order valence-electron chi connectivity index (χ3n) is 4.25. The van der Waals surface area contributed by atoms with E-state index in [-0.39, 0.29) is 42.1 Å². The third-order valence-corrected chi connectivity index (χ3v) is 4.25. The van der Waals surface area contributed by atoms with Gasteiger partial charge < -0.3 is 25.4 Å². The minimum absolute atomic E-state index is 0. The highest BCUT2D eigenvalue weighted by Gasteiger charge is 2.23. The molecule has 9 heteroatoms. The molecule has 0 atom stereocenters. The predicted octanol–water partition coefficient (Wildman–Crippen LogP) is 2.64. The molecule has 1 rings (SSSR count). The van der Waals surface area contributed by atoms with Crippen LogP contribution in [-0.4, -0.2) is 61.8 Å². The number of unbranched alkanes of at least 4 members (excludes halogenated alkanes) is 3. The third kappa shape index (κ3) is 11.9. The summed E-state index contributed by atoms with van der Waals surface area (Å²) in [6, 6.07) is 0.244. The fourth-order valence-electron chi connectivity index (χ4n) is 2.84. The van der Waals surface area contributed by atoms with Gasteiger partial charge in [-0.15, -0.1) is 24.0 Å². The first kappa shape index (κ1) is 25.7. The summed E-state index contributed by atoms with van der Waals surface area (Å²) in [7, 11) is 0. The smallest absolute Gasteiger partial charge is 0.409 e. The zero-order chi connectivity index (χ0) is 19.2. The Morgan fingerprint density at radius 1 is 1.07 bits per heavy atom. The number of likely N-dealkylation sites (tertiary alicyclic amines) is 1. The van der Waals surface area contributed by atoms with Gasteiger partial charge in [0.2, 0.25) is 0 Å². The van der Waals surface area contributed by atoms with Crippen molar-refractivity contribution < 1.29 is 19.1 Å². The fraction of sp³-hybridized carbons (Fsp3) is 0.833. The van der Waals surface area contributed by atoms with Gasteiger partial charge in [-0.1, -0.05) is 12.8 Å². The number of amides is 1. The van der Waals surface area contributed by atoms with E-state index in [2.05, 4.69) is 10.3 Å². The second-order valence-electron chi connectivity index (χ2n) is 6.34. The van der Waals surface area contributed by atoms with Crippen molar-refractivity contribution in [3.05, 3.63) is 0 Å². The van der Waals surface area contributed by atoms with E-state index < -0.39 is 0 Å². The molecule has 1 heterocycles. The number of carbonyl (C=O) groups is 2. The zero-order valence-electron chi connectivity index (χ0n) is 16.6. The van der Waals surface area contributed by atoms with Crippen LogP contribution in [0.15, 0.2) is 4.99 Å². The lowest BCUT2D eigenvalue weighted by Gasteiger charge is -2.31. The van der Waals surface area contributed by atoms with E-state index in [1.165, 1.54) is 0 Å². The van der Waals surface area contributed by atoms with Crippen LogP contribution >= 0.6 is 24.0 Å². The van der Waals surface area contributed by atoms with E-state index in [1.807, 2.05) is 13.8 Å². The maximum atomic E-state index is 11.7. The van der Waals surface area contributed by atoms with Crippen molar-refractivity contribution in [3.63, 3.8) is 0 Å². The van der Waals surface area contributed by atoms with Gasteiger partial charge in [-0.2, -0.15) is 0 Å². The van der Waals surface area contributed by atoms with E-state index >= 15 is 0 Å². The summed E-state index contributed by atoms with van der Waals surface area (Å²) in [5, 5.41) is 3.23. The van der Waals surface area contributed by atoms with E-state index in [0.717, 1.165) is 38.5 Å². The Hall–Kier alpha value is -1.26. The van der Waals surface area contributed by atoms with Gasteiger partial charge in [-0.3, -0.25) is 9.79 Å². The minimum Gasteiger partial charge on any atom is -0.466 e. The highest BCUT2D eigenvalue weighted by Crippen LogP contribution is 2.11. The second-order valence-corrected chi connectivity index (χ2v) is 6.34. The lowest BCUT2D eigenvalue weighted by molar-refractivity contribution is -0.143. The molecule has 0 aromatic carbocycles. The van der Waals surface area contributed by atoms with Crippen molar-refractivity contribution >= 4 is 42.0 Å². The van der Waals surface area contributed by atoms with Crippen molar-refractivity contribution in [2.24, 2.45) is 10.7 Å². The summed E-state index contributed by atoms with van der Waals surface area (Å²) in [5.74, 6) is 0.346. The molecule has 1 aliphatic rings. The molecule has 0 bridgehead atoms. The summed E-state index contributed by atoms with van der Waals surface area (Å²) in [6.45, 7) is 6.50. The van der Waals surface area contributed by atoms with Gasteiger partial charge in [0.15, 0.2) is 5.96 Å². The Kier molecular flexibility index (Phi) is 15.0. The number of hydrogen-bond donors (Lipinski definition) is 2. The number of halogens is 1.